The smallest absolute Gasteiger partial charge is 0.270 e. The van der Waals surface area contributed by atoms with Crippen LogP contribution in [-0.2, 0) is 11.2 Å². The number of ether oxygens (including phenoxy) is 1. The minimum atomic E-state index is -0.127. The Bertz CT molecular complexity index is 1140. The maximum atomic E-state index is 12.9. The fourth-order valence-corrected chi connectivity index (χ4v) is 4.34. The monoisotopic (exact) mass is 471 g/mol. The normalized spacial score (nSPS) is 15.6. The zero-order chi connectivity index (χ0) is 24.0. The van der Waals surface area contributed by atoms with Gasteiger partial charge in [0.05, 0.1) is 13.2 Å². The summed E-state index contributed by atoms with van der Waals surface area (Å²) in [5.74, 6) is 1.85. The first-order valence-corrected chi connectivity index (χ1v) is 12.5. The lowest BCUT2D eigenvalue weighted by molar-refractivity contribution is 0.0946. The quantitative estimate of drug-likeness (QED) is 0.512. The second kappa shape index (κ2) is 10.9. The zero-order valence-electron chi connectivity index (χ0n) is 20.3. The van der Waals surface area contributed by atoms with Gasteiger partial charge in [-0.2, -0.15) is 4.98 Å². The van der Waals surface area contributed by atoms with Crippen LogP contribution in [0.4, 0.5) is 11.8 Å². The first kappa shape index (κ1) is 23.3. The predicted molar refractivity (Wildman–Crippen MR) is 139 cm³/mol. The van der Waals surface area contributed by atoms with Crippen molar-refractivity contribution in [3.05, 3.63) is 71.9 Å². The Labute approximate surface area is 207 Å². The Hall–Kier alpha value is -3.45. The topological polar surface area (TPSA) is 70.6 Å². The van der Waals surface area contributed by atoms with Gasteiger partial charge in [-0.25, -0.2) is 4.98 Å². The lowest BCUT2D eigenvalue weighted by Crippen LogP contribution is -2.37. The number of nitrogens with one attached hydrogen (secondary N) is 1. The Balaban J connectivity index is 1.35. The van der Waals surface area contributed by atoms with Gasteiger partial charge in [0.1, 0.15) is 11.5 Å². The van der Waals surface area contributed by atoms with E-state index in [2.05, 4.69) is 63.7 Å². The third kappa shape index (κ3) is 5.98. The fourth-order valence-electron chi connectivity index (χ4n) is 4.34. The van der Waals surface area contributed by atoms with E-state index < -0.39 is 0 Å². The van der Waals surface area contributed by atoms with E-state index in [9.17, 15) is 4.79 Å². The summed E-state index contributed by atoms with van der Waals surface area (Å²) < 4.78 is 5.51. The molecule has 1 aliphatic carbocycles. The number of nitrogens with zero attached hydrogens (tertiary/aromatic N) is 4. The van der Waals surface area contributed by atoms with Crippen molar-refractivity contribution in [1.82, 2.24) is 15.3 Å². The molecule has 35 heavy (non-hydrogen) atoms. The summed E-state index contributed by atoms with van der Waals surface area (Å²) in [4.78, 5) is 26.6. The molecular weight excluding hydrogens is 438 g/mol. The van der Waals surface area contributed by atoms with Crippen LogP contribution in [0.25, 0.3) is 11.1 Å². The average molecular weight is 472 g/mol. The molecule has 2 fully saturated rings. The van der Waals surface area contributed by atoms with Crippen LogP contribution in [0.15, 0.2) is 60.7 Å². The summed E-state index contributed by atoms with van der Waals surface area (Å²) in [5.41, 5.74) is 4.15. The highest BCUT2D eigenvalue weighted by Crippen LogP contribution is 2.28. The van der Waals surface area contributed by atoms with Gasteiger partial charge in [0.15, 0.2) is 0 Å². The van der Waals surface area contributed by atoms with Gasteiger partial charge in [0, 0.05) is 39.3 Å². The molecule has 1 N–H and O–H groups in total. The molecule has 182 valence electrons. The van der Waals surface area contributed by atoms with E-state index in [0.717, 1.165) is 38.4 Å². The molecule has 7 nitrogen and oxygen atoms in total. The highest BCUT2D eigenvalue weighted by atomic mass is 16.5. The molecule has 2 heterocycles. The number of aromatic nitrogens is 2. The van der Waals surface area contributed by atoms with E-state index >= 15 is 0 Å². The Morgan fingerprint density at radius 1 is 1.06 bits per heavy atom. The van der Waals surface area contributed by atoms with E-state index in [-0.39, 0.29) is 5.91 Å². The molecule has 0 bridgehead atoms. The minimum absolute atomic E-state index is 0.127. The van der Waals surface area contributed by atoms with Crippen LogP contribution in [-0.4, -0.2) is 62.3 Å². The maximum absolute atomic E-state index is 12.9. The number of morpholine rings is 1. The second-order valence-electron chi connectivity index (χ2n) is 9.36. The summed E-state index contributed by atoms with van der Waals surface area (Å²) >= 11 is 0. The number of likely N-dealkylation sites (N-methyl/N-ethyl adjacent to an activating group) is 1. The number of hydrogen-bond acceptors (Lipinski definition) is 6. The van der Waals surface area contributed by atoms with Crippen molar-refractivity contribution < 1.29 is 9.53 Å². The number of benzene rings is 2. The predicted octanol–water partition coefficient (Wildman–Crippen LogP) is 3.80. The van der Waals surface area contributed by atoms with Gasteiger partial charge in [0.2, 0.25) is 5.95 Å². The molecule has 2 aromatic carbocycles. The van der Waals surface area contributed by atoms with Gasteiger partial charge >= 0.3 is 0 Å². The number of hydrogen-bond donors (Lipinski definition) is 1. The minimum Gasteiger partial charge on any atom is -0.378 e. The van der Waals surface area contributed by atoms with Crippen LogP contribution in [0.2, 0.25) is 0 Å². The van der Waals surface area contributed by atoms with Crippen molar-refractivity contribution in [1.29, 1.82) is 0 Å². The first-order chi connectivity index (χ1) is 17.2. The molecule has 1 saturated carbocycles. The average Bonchev–Trinajstić information content (AvgIpc) is 3.76. The lowest BCUT2D eigenvalue weighted by Gasteiger charge is -2.29. The molecule has 0 radical (unpaired) electrons. The summed E-state index contributed by atoms with van der Waals surface area (Å²) in [6.07, 6.45) is 3.24. The van der Waals surface area contributed by atoms with E-state index in [1.807, 2.05) is 24.1 Å². The molecule has 1 aromatic heterocycles. The summed E-state index contributed by atoms with van der Waals surface area (Å²) in [6.45, 7) is 4.29. The fraction of sp³-hybridized carbons (Fsp3) is 0.393. The van der Waals surface area contributed by atoms with Gasteiger partial charge in [0.25, 0.3) is 5.91 Å². The van der Waals surface area contributed by atoms with Crippen LogP contribution < -0.4 is 15.1 Å². The molecule has 3 aromatic rings. The summed E-state index contributed by atoms with van der Waals surface area (Å²) in [7, 11) is 2.00. The maximum Gasteiger partial charge on any atom is 0.270 e. The van der Waals surface area contributed by atoms with Gasteiger partial charge < -0.3 is 19.9 Å². The number of rotatable bonds is 9. The molecule has 1 amide bonds. The number of anilines is 2. The molecule has 1 saturated heterocycles. The molecule has 5 rings (SSSR count). The summed E-state index contributed by atoms with van der Waals surface area (Å²) in [5, 5.41) is 3.05. The zero-order valence-corrected chi connectivity index (χ0v) is 20.3. The van der Waals surface area contributed by atoms with Crippen molar-refractivity contribution in [2.24, 2.45) is 5.92 Å². The van der Waals surface area contributed by atoms with E-state index in [1.54, 1.807) is 0 Å². The third-order valence-corrected chi connectivity index (χ3v) is 6.68. The number of carbonyl (C=O) groups is 1. The van der Waals surface area contributed by atoms with E-state index in [0.29, 0.717) is 30.8 Å². The molecule has 0 atom stereocenters. The van der Waals surface area contributed by atoms with Gasteiger partial charge in [-0.15, -0.1) is 0 Å². The van der Waals surface area contributed by atoms with Crippen molar-refractivity contribution in [2.45, 2.75) is 19.3 Å². The first-order valence-electron chi connectivity index (χ1n) is 12.5. The number of carbonyl (C=O) groups excluding carboxylic acids is 1. The van der Waals surface area contributed by atoms with Gasteiger partial charge in [-0.1, -0.05) is 54.6 Å². The van der Waals surface area contributed by atoms with Crippen LogP contribution in [0.1, 0.15) is 28.9 Å². The largest absolute Gasteiger partial charge is 0.378 e. The van der Waals surface area contributed by atoms with Crippen molar-refractivity contribution >= 4 is 17.7 Å². The SMILES string of the molecule is CN(CCc1ccccc1-c1ccccc1)c1nc(C(=O)NCC2CC2)cc(N2CCOCC2)n1. The number of amides is 1. The molecular formula is C28H33N5O2. The molecule has 1 aliphatic heterocycles. The summed E-state index contributed by atoms with van der Waals surface area (Å²) in [6, 6.07) is 20.8. The van der Waals surface area contributed by atoms with Crippen LogP contribution in [0.3, 0.4) is 0 Å². The highest BCUT2D eigenvalue weighted by Gasteiger charge is 2.24. The van der Waals surface area contributed by atoms with E-state index in [1.165, 1.54) is 29.5 Å². The highest BCUT2D eigenvalue weighted by molar-refractivity contribution is 5.93. The molecule has 0 spiro atoms. The van der Waals surface area contributed by atoms with Gasteiger partial charge in [-0.05, 0) is 41.9 Å². The Kier molecular flexibility index (Phi) is 7.23. The van der Waals surface area contributed by atoms with Gasteiger partial charge in [-0.3, -0.25) is 4.79 Å². The van der Waals surface area contributed by atoms with Crippen molar-refractivity contribution in [3.8, 4) is 11.1 Å². The van der Waals surface area contributed by atoms with E-state index in [4.69, 9.17) is 9.72 Å². The Morgan fingerprint density at radius 2 is 1.80 bits per heavy atom. The lowest BCUT2D eigenvalue weighted by atomic mass is 9.98. The van der Waals surface area contributed by atoms with Crippen molar-refractivity contribution in [2.75, 3.05) is 56.2 Å². The van der Waals surface area contributed by atoms with Crippen molar-refractivity contribution in [3.63, 3.8) is 0 Å². The van der Waals surface area contributed by atoms with Crippen LogP contribution >= 0.6 is 0 Å². The molecule has 0 unspecified atom stereocenters. The molecule has 7 heteroatoms. The standard InChI is InChI=1S/C28H33N5O2/c1-32(14-13-23-9-5-6-10-24(23)22-7-3-2-4-8-22)28-30-25(27(34)29-20-21-11-12-21)19-26(31-28)33-15-17-35-18-16-33/h2-10,19,21H,11-18,20H2,1H3,(H,29,34). The third-order valence-electron chi connectivity index (χ3n) is 6.68. The second-order valence-corrected chi connectivity index (χ2v) is 9.36. The van der Waals surface area contributed by atoms with Crippen LogP contribution in [0, 0.1) is 5.92 Å². The van der Waals surface area contributed by atoms with Crippen LogP contribution in [0.5, 0.6) is 0 Å². The molecule has 2 aliphatic rings. The Morgan fingerprint density at radius 3 is 2.57 bits per heavy atom.